The second-order valence-electron chi connectivity index (χ2n) is 9.51. The number of methoxy groups -OCH3 is 1. The lowest BCUT2D eigenvalue weighted by molar-refractivity contribution is -0.161. The van der Waals surface area contributed by atoms with Gasteiger partial charge in [-0.25, -0.2) is 4.79 Å². The predicted octanol–water partition coefficient (Wildman–Crippen LogP) is 3.18. The highest BCUT2D eigenvalue weighted by molar-refractivity contribution is 6.48. The molecule has 0 bridgehead atoms. The van der Waals surface area contributed by atoms with Gasteiger partial charge in [-0.05, 0) is 45.2 Å². The van der Waals surface area contributed by atoms with E-state index in [2.05, 4.69) is 20.8 Å². The Hall–Kier alpha value is -1.12. The van der Waals surface area contributed by atoms with E-state index in [1.54, 1.807) is 20.8 Å². The van der Waals surface area contributed by atoms with E-state index in [0.29, 0.717) is 13.0 Å². The first kappa shape index (κ1) is 23.9. The lowest BCUT2D eigenvalue weighted by Crippen LogP contribution is -2.59. The summed E-state index contributed by atoms with van der Waals surface area (Å²) >= 11 is 0. The molecule has 1 aliphatic rings. The maximum Gasteiger partial charge on any atom is 0.412 e. The van der Waals surface area contributed by atoms with Crippen molar-refractivity contribution in [3.05, 3.63) is 0 Å². The minimum Gasteiger partial charge on any atom is -0.469 e. The summed E-state index contributed by atoms with van der Waals surface area (Å²) in [6.07, 6.45) is -1.56. The normalized spacial score (nSPS) is 24.9. The van der Waals surface area contributed by atoms with E-state index >= 15 is 0 Å². The molecule has 1 fully saturated rings. The minimum atomic E-state index is -1.30. The summed E-state index contributed by atoms with van der Waals surface area (Å²) in [5.41, 5.74) is -2.08. The van der Waals surface area contributed by atoms with Gasteiger partial charge >= 0.3 is 12.1 Å². The van der Waals surface area contributed by atoms with E-state index in [-0.39, 0.29) is 17.8 Å². The third-order valence-corrected chi connectivity index (χ3v) is 5.49. The minimum absolute atomic E-state index is 0.0821. The van der Waals surface area contributed by atoms with Gasteiger partial charge in [0, 0.05) is 13.0 Å². The van der Waals surface area contributed by atoms with Gasteiger partial charge < -0.3 is 19.0 Å². The number of hydrogen-bond acceptors (Lipinski definition) is 6. The van der Waals surface area contributed by atoms with E-state index in [4.69, 9.17) is 13.9 Å². The Morgan fingerprint density at radius 2 is 1.78 bits per heavy atom. The summed E-state index contributed by atoms with van der Waals surface area (Å²) in [6.45, 7) is 15.9. The largest absolute Gasteiger partial charge is 0.469 e. The topological polar surface area (TPSA) is 85.3 Å². The van der Waals surface area contributed by atoms with Gasteiger partial charge in [0.2, 0.25) is 9.04 Å². The molecule has 3 atom stereocenters. The molecule has 1 heterocycles. The predicted molar refractivity (Wildman–Crippen MR) is 104 cm³/mol. The van der Waals surface area contributed by atoms with Crippen molar-refractivity contribution in [3.8, 4) is 0 Å². The van der Waals surface area contributed by atoms with Crippen molar-refractivity contribution in [2.24, 2.45) is 11.3 Å². The Kier molecular flexibility index (Phi) is 7.52. The maximum absolute atomic E-state index is 13.0. The third-order valence-electron chi connectivity index (χ3n) is 4.73. The zero-order valence-corrected chi connectivity index (χ0v) is 19.2. The monoisotopic (exact) mass is 402 g/mol. The van der Waals surface area contributed by atoms with Crippen LogP contribution in [-0.4, -0.2) is 62.2 Å². The van der Waals surface area contributed by atoms with E-state index in [9.17, 15) is 14.7 Å². The van der Waals surface area contributed by atoms with Crippen LogP contribution in [0.4, 0.5) is 4.79 Å². The lowest BCUT2D eigenvalue weighted by atomic mass is 9.78. The molecule has 27 heavy (non-hydrogen) atoms. The molecule has 0 aromatic carbocycles. The third kappa shape index (κ3) is 6.19. The maximum atomic E-state index is 13.0. The van der Waals surface area contributed by atoms with Crippen molar-refractivity contribution in [1.82, 2.24) is 4.90 Å². The number of rotatable bonds is 5. The van der Waals surface area contributed by atoms with Crippen molar-refractivity contribution >= 4 is 21.1 Å². The molecule has 1 aliphatic heterocycles. The van der Waals surface area contributed by atoms with Gasteiger partial charge in [-0.2, -0.15) is 0 Å². The Labute approximate surface area is 165 Å². The Balaban J connectivity index is 3.36. The summed E-state index contributed by atoms with van der Waals surface area (Å²) in [5, 5.41) is 11.0. The Bertz CT molecular complexity index is 539. The molecule has 0 aliphatic carbocycles. The number of esters is 1. The standard InChI is InChI=1S/C19H36NO6Si/c1-17(2,3)13-11-19(26-27(8)9,14(21)10-15(22)24-7)20(12-13)16(23)25-18(4,5)6/h13-14,21H,10-12H2,1-9H3/t13-,14-,19-/m0/s1. The Morgan fingerprint density at radius 3 is 2.19 bits per heavy atom. The van der Waals surface area contributed by atoms with Gasteiger partial charge in [0.05, 0.1) is 13.5 Å². The highest BCUT2D eigenvalue weighted by Crippen LogP contribution is 2.46. The fraction of sp³-hybridized carbons (Fsp3) is 0.895. The molecule has 0 aromatic heterocycles. The smallest absolute Gasteiger partial charge is 0.412 e. The van der Waals surface area contributed by atoms with Crippen LogP contribution in [-0.2, 0) is 18.7 Å². The van der Waals surface area contributed by atoms with Crippen molar-refractivity contribution in [1.29, 1.82) is 0 Å². The number of carbonyl (C=O) groups excluding carboxylic acids is 2. The zero-order valence-electron chi connectivity index (χ0n) is 18.2. The van der Waals surface area contributed by atoms with Crippen LogP contribution < -0.4 is 0 Å². The fourth-order valence-corrected chi connectivity index (χ4v) is 4.30. The van der Waals surface area contributed by atoms with E-state index < -0.39 is 38.5 Å². The molecule has 0 unspecified atom stereocenters. The van der Waals surface area contributed by atoms with Crippen LogP contribution in [0.3, 0.4) is 0 Å². The molecule has 1 radical (unpaired) electrons. The average Bonchev–Trinajstić information content (AvgIpc) is 2.85. The molecule has 157 valence electrons. The lowest BCUT2D eigenvalue weighted by Gasteiger charge is -2.43. The van der Waals surface area contributed by atoms with E-state index in [1.807, 2.05) is 13.1 Å². The summed E-state index contributed by atoms with van der Waals surface area (Å²) in [4.78, 5) is 26.3. The molecular weight excluding hydrogens is 366 g/mol. The molecule has 1 N–H and O–H groups in total. The molecule has 1 rings (SSSR count). The van der Waals surface area contributed by atoms with Gasteiger partial charge in [-0.1, -0.05) is 20.8 Å². The summed E-state index contributed by atoms with van der Waals surface area (Å²) < 4.78 is 16.6. The van der Waals surface area contributed by atoms with E-state index in [0.717, 1.165) is 0 Å². The van der Waals surface area contributed by atoms with Gasteiger partial charge in [-0.3, -0.25) is 9.69 Å². The molecule has 0 saturated carbocycles. The van der Waals surface area contributed by atoms with Crippen molar-refractivity contribution < 1.29 is 28.6 Å². The highest BCUT2D eigenvalue weighted by Gasteiger charge is 2.57. The van der Waals surface area contributed by atoms with E-state index in [1.165, 1.54) is 12.0 Å². The number of carbonyl (C=O) groups is 2. The van der Waals surface area contributed by atoms with Gasteiger partial charge in [0.1, 0.15) is 11.7 Å². The second-order valence-corrected chi connectivity index (χ2v) is 11.5. The second kappa shape index (κ2) is 8.49. The van der Waals surface area contributed by atoms with Crippen LogP contribution in [0.1, 0.15) is 54.4 Å². The number of hydrogen-bond donors (Lipinski definition) is 1. The summed E-state index contributed by atoms with van der Waals surface area (Å²) in [7, 11) is -0.0262. The molecule has 0 aromatic rings. The first-order valence-corrected chi connectivity index (χ1v) is 11.8. The molecule has 1 saturated heterocycles. The van der Waals surface area contributed by atoms with Crippen LogP contribution in [0.25, 0.3) is 0 Å². The number of likely N-dealkylation sites (tertiary alicyclic amines) is 1. The van der Waals surface area contributed by atoms with Crippen LogP contribution in [0.2, 0.25) is 13.1 Å². The van der Waals surface area contributed by atoms with Crippen LogP contribution in [0, 0.1) is 11.3 Å². The van der Waals surface area contributed by atoms with Gasteiger partial charge in [0.25, 0.3) is 0 Å². The highest BCUT2D eigenvalue weighted by atomic mass is 28.3. The average molecular weight is 403 g/mol. The SMILES string of the molecule is COC(=O)C[C@H](O)[C@@]1(O[Si](C)C)C[C@H](C(C)(C)C)CN1C(=O)OC(C)(C)C. The molecule has 1 amide bonds. The number of amides is 1. The van der Waals surface area contributed by atoms with Crippen molar-refractivity contribution in [3.63, 3.8) is 0 Å². The quantitative estimate of drug-likeness (QED) is 0.561. The first-order valence-electron chi connectivity index (χ1n) is 9.37. The number of aliphatic hydroxyl groups is 1. The summed E-state index contributed by atoms with van der Waals surface area (Å²) in [5.74, 6) is -0.464. The zero-order chi connectivity index (χ0) is 21.2. The first-order chi connectivity index (χ1) is 12.1. The van der Waals surface area contributed by atoms with Crippen molar-refractivity contribution in [2.75, 3.05) is 13.7 Å². The molecule has 7 nitrogen and oxygen atoms in total. The number of aliphatic hydroxyl groups excluding tert-OH is 1. The van der Waals surface area contributed by atoms with Crippen LogP contribution in [0.5, 0.6) is 0 Å². The molecule has 0 spiro atoms. The molecule has 8 heteroatoms. The van der Waals surface area contributed by atoms with Crippen molar-refractivity contribution in [2.45, 2.75) is 84.9 Å². The number of ether oxygens (including phenoxy) is 2. The molecular formula is C19H36NO6Si. The van der Waals surface area contributed by atoms with Gasteiger partial charge in [-0.15, -0.1) is 0 Å². The Morgan fingerprint density at radius 1 is 1.22 bits per heavy atom. The number of nitrogens with zero attached hydrogens (tertiary/aromatic N) is 1. The van der Waals surface area contributed by atoms with Crippen LogP contribution >= 0.6 is 0 Å². The van der Waals surface area contributed by atoms with Gasteiger partial charge in [0.15, 0.2) is 5.72 Å². The fourth-order valence-electron chi connectivity index (χ4n) is 3.26. The summed E-state index contributed by atoms with van der Waals surface area (Å²) in [6, 6.07) is 0. The van der Waals surface area contributed by atoms with Crippen LogP contribution in [0.15, 0.2) is 0 Å².